The van der Waals surface area contributed by atoms with Gasteiger partial charge in [-0.3, -0.25) is 0 Å². The lowest BCUT2D eigenvalue weighted by Gasteiger charge is -2.41. The molecule has 1 heteroatoms. The second kappa shape index (κ2) is 2.98. The summed E-state index contributed by atoms with van der Waals surface area (Å²) >= 11 is 0. The van der Waals surface area contributed by atoms with Crippen LogP contribution in [0.5, 0.6) is 0 Å². The molecule has 2 rings (SSSR count). The van der Waals surface area contributed by atoms with Crippen LogP contribution in [0.15, 0.2) is 0 Å². The third kappa shape index (κ3) is 2.07. The topological polar surface area (TPSA) is 3.24 Å². The van der Waals surface area contributed by atoms with Gasteiger partial charge in [-0.2, -0.15) is 0 Å². The minimum atomic E-state index is 0.583. The van der Waals surface area contributed by atoms with Crippen molar-refractivity contribution in [2.45, 2.75) is 46.5 Å². The summed E-state index contributed by atoms with van der Waals surface area (Å²) in [6, 6.07) is 0. The summed E-state index contributed by atoms with van der Waals surface area (Å²) in [5.41, 5.74) is 1.26. The van der Waals surface area contributed by atoms with Gasteiger partial charge in [-0.05, 0) is 36.6 Å². The fraction of sp³-hybridized carbons (Fsp3) is 1.00. The Balaban J connectivity index is 1.83. The predicted octanol–water partition coefficient (Wildman–Crippen LogP) is 2.91. The van der Waals surface area contributed by atoms with Crippen LogP contribution in [-0.4, -0.2) is 24.5 Å². The van der Waals surface area contributed by atoms with Gasteiger partial charge in [-0.25, -0.2) is 0 Å². The Labute approximate surface area is 82.5 Å². The maximum Gasteiger partial charge on any atom is 0.00356 e. The van der Waals surface area contributed by atoms with Crippen LogP contribution in [0.4, 0.5) is 0 Å². The van der Waals surface area contributed by atoms with E-state index in [1.165, 1.54) is 45.3 Å². The van der Waals surface area contributed by atoms with Gasteiger partial charge in [0.15, 0.2) is 0 Å². The lowest BCUT2D eigenvalue weighted by atomic mass is 9.70. The Bertz CT molecular complexity index is 191. The Kier molecular flexibility index (Phi) is 2.18. The number of nitrogens with zero attached hydrogens (tertiary/aromatic N) is 1. The van der Waals surface area contributed by atoms with Gasteiger partial charge >= 0.3 is 0 Å². The molecule has 0 radical (unpaired) electrons. The number of likely N-dealkylation sites (tertiary alicyclic amines) is 1. The maximum absolute atomic E-state index is 2.68. The Morgan fingerprint density at radius 1 is 1.08 bits per heavy atom. The van der Waals surface area contributed by atoms with Gasteiger partial charge in [0.2, 0.25) is 0 Å². The molecular formula is C12H23N. The zero-order valence-corrected chi connectivity index (χ0v) is 9.40. The van der Waals surface area contributed by atoms with Crippen LogP contribution in [0.2, 0.25) is 0 Å². The molecular weight excluding hydrogens is 158 g/mol. The SMILES string of the molecule is CC1(C)CCN(CC2(C)CCC2)C1. The number of rotatable bonds is 2. The van der Waals surface area contributed by atoms with Crippen LogP contribution in [0, 0.1) is 10.8 Å². The zero-order chi connectivity index (χ0) is 9.53. The summed E-state index contributed by atoms with van der Waals surface area (Å²) in [6.45, 7) is 11.3. The van der Waals surface area contributed by atoms with Crippen molar-refractivity contribution in [3.05, 3.63) is 0 Å². The molecule has 1 saturated heterocycles. The molecule has 1 heterocycles. The van der Waals surface area contributed by atoms with E-state index in [0.29, 0.717) is 10.8 Å². The largest absolute Gasteiger partial charge is 0.302 e. The number of hydrogen-bond acceptors (Lipinski definition) is 1. The molecule has 0 amide bonds. The van der Waals surface area contributed by atoms with Crippen molar-refractivity contribution in [1.29, 1.82) is 0 Å². The van der Waals surface area contributed by atoms with Crippen molar-refractivity contribution < 1.29 is 0 Å². The fourth-order valence-corrected chi connectivity index (χ4v) is 2.84. The van der Waals surface area contributed by atoms with E-state index in [1.807, 2.05) is 0 Å². The first-order valence-corrected chi connectivity index (χ1v) is 5.72. The van der Waals surface area contributed by atoms with E-state index < -0.39 is 0 Å². The van der Waals surface area contributed by atoms with Crippen molar-refractivity contribution >= 4 is 0 Å². The highest BCUT2D eigenvalue weighted by Crippen LogP contribution is 2.42. The van der Waals surface area contributed by atoms with Crippen molar-refractivity contribution in [2.24, 2.45) is 10.8 Å². The summed E-state index contributed by atoms with van der Waals surface area (Å²) < 4.78 is 0. The molecule has 1 nitrogen and oxygen atoms in total. The maximum atomic E-state index is 2.68. The molecule has 0 aromatic rings. The van der Waals surface area contributed by atoms with Crippen molar-refractivity contribution in [3.8, 4) is 0 Å². The fourth-order valence-electron chi connectivity index (χ4n) is 2.84. The molecule has 0 aromatic carbocycles. The summed E-state index contributed by atoms with van der Waals surface area (Å²) in [5, 5.41) is 0. The summed E-state index contributed by atoms with van der Waals surface area (Å²) in [5.74, 6) is 0. The average molecular weight is 181 g/mol. The molecule has 1 saturated carbocycles. The van der Waals surface area contributed by atoms with Crippen LogP contribution in [0.25, 0.3) is 0 Å². The molecule has 0 bridgehead atoms. The number of hydrogen-bond donors (Lipinski definition) is 0. The molecule has 1 aliphatic carbocycles. The highest BCUT2D eigenvalue weighted by Gasteiger charge is 2.37. The second-order valence-electron chi connectivity index (χ2n) is 6.29. The Morgan fingerprint density at radius 2 is 1.77 bits per heavy atom. The monoisotopic (exact) mass is 181 g/mol. The van der Waals surface area contributed by atoms with E-state index in [0.717, 1.165) is 0 Å². The minimum Gasteiger partial charge on any atom is -0.302 e. The third-order valence-electron chi connectivity index (χ3n) is 3.92. The van der Waals surface area contributed by atoms with Crippen molar-refractivity contribution in [1.82, 2.24) is 4.90 Å². The first kappa shape index (κ1) is 9.51. The first-order chi connectivity index (χ1) is 5.99. The van der Waals surface area contributed by atoms with E-state index in [4.69, 9.17) is 0 Å². The van der Waals surface area contributed by atoms with Crippen LogP contribution < -0.4 is 0 Å². The lowest BCUT2D eigenvalue weighted by molar-refractivity contribution is 0.0933. The standard InChI is InChI=1S/C12H23N/c1-11(2)7-8-13(9-11)10-12(3)5-4-6-12/h4-10H2,1-3H3. The van der Waals surface area contributed by atoms with Gasteiger partial charge in [-0.15, -0.1) is 0 Å². The zero-order valence-electron chi connectivity index (χ0n) is 9.40. The van der Waals surface area contributed by atoms with E-state index in [1.54, 1.807) is 0 Å². The Morgan fingerprint density at radius 3 is 2.15 bits per heavy atom. The lowest BCUT2D eigenvalue weighted by Crippen LogP contribution is -2.39. The molecule has 0 N–H and O–H groups in total. The third-order valence-corrected chi connectivity index (χ3v) is 3.92. The molecule has 2 aliphatic rings. The smallest absolute Gasteiger partial charge is 0.00356 e. The molecule has 1 aliphatic heterocycles. The molecule has 0 spiro atoms. The molecule has 0 unspecified atom stereocenters. The molecule has 0 aromatic heterocycles. The van der Waals surface area contributed by atoms with E-state index in [2.05, 4.69) is 25.7 Å². The molecule has 0 atom stereocenters. The summed E-state index contributed by atoms with van der Waals surface area (Å²) in [4.78, 5) is 2.68. The molecule has 13 heavy (non-hydrogen) atoms. The van der Waals surface area contributed by atoms with Crippen LogP contribution in [0.3, 0.4) is 0 Å². The van der Waals surface area contributed by atoms with Crippen LogP contribution in [0.1, 0.15) is 46.5 Å². The van der Waals surface area contributed by atoms with Gasteiger partial charge in [-0.1, -0.05) is 27.2 Å². The minimum absolute atomic E-state index is 0.583. The van der Waals surface area contributed by atoms with Gasteiger partial charge in [0.25, 0.3) is 0 Å². The van der Waals surface area contributed by atoms with Gasteiger partial charge in [0.05, 0.1) is 0 Å². The average Bonchev–Trinajstić information content (AvgIpc) is 2.27. The van der Waals surface area contributed by atoms with E-state index >= 15 is 0 Å². The first-order valence-electron chi connectivity index (χ1n) is 5.72. The van der Waals surface area contributed by atoms with Gasteiger partial charge < -0.3 is 4.90 Å². The van der Waals surface area contributed by atoms with Gasteiger partial charge in [0, 0.05) is 13.1 Å². The van der Waals surface area contributed by atoms with Crippen LogP contribution in [-0.2, 0) is 0 Å². The van der Waals surface area contributed by atoms with E-state index in [-0.39, 0.29) is 0 Å². The quantitative estimate of drug-likeness (QED) is 0.633. The summed E-state index contributed by atoms with van der Waals surface area (Å²) in [6.07, 6.45) is 5.78. The van der Waals surface area contributed by atoms with Crippen LogP contribution >= 0.6 is 0 Å². The van der Waals surface area contributed by atoms with E-state index in [9.17, 15) is 0 Å². The van der Waals surface area contributed by atoms with Gasteiger partial charge in [0.1, 0.15) is 0 Å². The van der Waals surface area contributed by atoms with Crippen molar-refractivity contribution in [3.63, 3.8) is 0 Å². The highest BCUT2D eigenvalue weighted by molar-refractivity contribution is 4.90. The Hall–Kier alpha value is -0.0400. The van der Waals surface area contributed by atoms with Crippen molar-refractivity contribution in [2.75, 3.05) is 19.6 Å². The predicted molar refractivity (Wildman–Crippen MR) is 56.8 cm³/mol. The molecule has 76 valence electrons. The molecule has 2 fully saturated rings. The second-order valence-corrected chi connectivity index (χ2v) is 6.29. The highest BCUT2D eigenvalue weighted by atomic mass is 15.2. The summed E-state index contributed by atoms with van der Waals surface area (Å²) in [7, 11) is 0. The normalized spacial score (nSPS) is 31.6.